The number of pyridine rings is 2. The average Bonchev–Trinajstić information content (AvgIpc) is 2.55. The van der Waals surface area contributed by atoms with Gasteiger partial charge in [0.2, 0.25) is 0 Å². The molecule has 0 fully saturated rings. The van der Waals surface area contributed by atoms with E-state index in [1.807, 2.05) is 24.3 Å². The molecular weight excluding hydrogens is 305 g/mol. The second-order valence-electron chi connectivity index (χ2n) is 6.39. The zero-order valence-corrected chi connectivity index (χ0v) is 15.3. The highest BCUT2D eigenvalue weighted by molar-refractivity contribution is 7.62. The molecule has 0 unspecified atom stereocenters. The molecule has 0 radical (unpaired) electrons. The van der Waals surface area contributed by atoms with Gasteiger partial charge in [-0.25, -0.2) is 4.67 Å². The quantitative estimate of drug-likeness (QED) is 0.697. The third-order valence-corrected chi connectivity index (χ3v) is 8.28. The summed E-state index contributed by atoms with van der Waals surface area (Å²) in [6, 6.07) is 7.96. The summed E-state index contributed by atoms with van der Waals surface area (Å²) < 4.78 is 16.0. The van der Waals surface area contributed by atoms with Crippen molar-refractivity contribution in [3.63, 3.8) is 0 Å². The van der Waals surface area contributed by atoms with Gasteiger partial charge in [-0.15, -0.1) is 0 Å². The molecule has 0 spiro atoms. The van der Waals surface area contributed by atoms with E-state index in [9.17, 15) is 4.57 Å². The maximum atomic E-state index is 13.8. The molecule has 0 atom stereocenters. The fourth-order valence-corrected chi connectivity index (χ4v) is 6.19. The van der Waals surface area contributed by atoms with Crippen molar-refractivity contribution in [2.24, 2.45) is 0 Å². The predicted molar refractivity (Wildman–Crippen MR) is 95.6 cm³/mol. The third kappa shape index (κ3) is 4.27. The molecule has 0 saturated heterocycles. The second-order valence-corrected chi connectivity index (χ2v) is 10.4. The van der Waals surface area contributed by atoms with Gasteiger partial charge in [-0.3, -0.25) is 9.97 Å². The van der Waals surface area contributed by atoms with Gasteiger partial charge in [-0.1, -0.05) is 27.7 Å². The molecule has 2 aromatic rings. The molecule has 5 heteroatoms. The maximum absolute atomic E-state index is 13.8. The normalized spacial score (nSPS) is 12.3. The predicted octanol–water partition coefficient (Wildman–Crippen LogP) is 4.57. The minimum Gasteiger partial charge on any atom is -0.306 e. The van der Waals surface area contributed by atoms with Crippen LogP contribution >= 0.6 is 7.29 Å². The molecule has 2 aromatic heterocycles. The van der Waals surface area contributed by atoms with Crippen LogP contribution in [-0.4, -0.2) is 26.0 Å². The van der Waals surface area contributed by atoms with E-state index in [1.165, 1.54) is 0 Å². The molecule has 124 valence electrons. The van der Waals surface area contributed by atoms with Crippen LogP contribution in [0, 0.1) is 0 Å². The first-order chi connectivity index (χ1) is 10.9. The molecule has 0 saturated carbocycles. The Kier molecular flexibility index (Phi) is 6.09. The van der Waals surface area contributed by atoms with Gasteiger partial charge in [0, 0.05) is 49.2 Å². The van der Waals surface area contributed by atoms with E-state index in [0.29, 0.717) is 13.1 Å². The summed E-state index contributed by atoms with van der Waals surface area (Å²) in [4.78, 5) is 8.15. The zero-order chi connectivity index (χ0) is 16.9. The van der Waals surface area contributed by atoms with E-state index in [-0.39, 0.29) is 11.3 Å². The monoisotopic (exact) mass is 331 g/mol. The van der Waals surface area contributed by atoms with Gasteiger partial charge in [-0.2, -0.15) is 0 Å². The Hall–Kier alpha value is -1.51. The lowest BCUT2D eigenvalue weighted by atomic mass is 10.2. The lowest BCUT2D eigenvalue weighted by Gasteiger charge is -2.37. The Morgan fingerprint density at radius 3 is 1.48 bits per heavy atom. The molecule has 4 nitrogen and oxygen atoms in total. The highest BCUT2D eigenvalue weighted by atomic mass is 31.2. The van der Waals surface area contributed by atoms with Crippen LogP contribution in [0.3, 0.4) is 0 Å². The summed E-state index contributed by atoms with van der Waals surface area (Å²) in [6.07, 6.45) is 7.15. The SMILES string of the molecule is CC(C)P(=O)(C(C)C)N(Cc1ccncc1)Cc1ccncc1. The number of nitrogens with zero attached hydrogens (tertiary/aromatic N) is 3. The Labute approximate surface area is 139 Å². The molecule has 23 heavy (non-hydrogen) atoms. The Morgan fingerprint density at radius 2 is 1.17 bits per heavy atom. The third-order valence-electron chi connectivity index (χ3n) is 4.15. The summed E-state index contributed by atoms with van der Waals surface area (Å²) in [5.41, 5.74) is 2.50. The molecule has 2 heterocycles. The van der Waals surface area contributed by atoms with Crippen molar-refractivity contribution in [1.82, 2.24) is 14.6 Å². The van der Waals surface area contributed by atoms with Crippen molar-refractivity contribution < 1.29 is 4.57 Å². The summed E-state index contributed by atoms with van der Waals surface area (Å²) in [5, 5.41) is 0. The van der Waals surface area contributed by atoms with Crippen LogP contribution in [-0.2, 0) is 17.7 Å². The van der Waals surface area contributed by atoms with Crippen LogP contribution in [0.2, 0.25) is 0 Å². The Bertz CT molecular complexity index is 590. The standard InChI is InChI=1S/C18H26N3OP/c1-15(2)23(22,16(3)4)21(13-17-5-9-19-10-6-17)14-18-7-11-20-12-8-18/h5-12,15-16H,13-14H2,1-4H3. The number of rotatable bonds is 7. The summed E-state index contributed by atoms with van der Waals surface area (Å²) in [7, 11) is -2.51. The maximum Gasteiger partial charge on any atom is 0.155 e. The van der Waals surface area contributed by atoms with E-state index in [4.69, 9.17) is 0 Å². The molecule has 0 aromatic carbocycles. The van der Waals surface area contributed by atoms with Gasteiger partial charge in [0.15, 0.2) is 7.29 Å². The van der Waals surface area contributed by atoms with E-state index in [2.05, 4.69) is 42.3 Å². The molecule has 0 aliphatic heterocycles. The largest absolute Gasteiger partial charge is 0.306 e. The zero-order valence-electron chi connectivity index (χ0n) is 14.4. The average molecular weight is 331 g/mol. The first-order valence-corrected chi connectivity index (χ1v) is 9.87. The molecule has 0 amide bonds. The fourth-order valence-electron chi connectivity index (χ4n) is 2.92. The molecule has 0 aliphatic rings. The molecular formula is C18H26N3OP. The van der Waals surface area contributed by atoms with Crippen LogP contribution in [0.1, 0.15) is 38.8 Å². The van der Waals surface area contributed by atoms with Crippen LogP contribution in [0.15, 0.2) is 49.1 Å². The lowest BCUT2D eigenvalue weighted by Crippen LogP contribution is -2.28. The van der Waals surface area contributed by atoms with E-state index in [1.54, 1.807) is 24.8 Å². The van der Waals surface area contributed by atoms with Crippen molar-refractivity contribution >= 4 is 7.29 Å². The van der Waals surface area contributed by atoms with E-state index in [0.717, 1.165) is 11.1 Å². The number of hydrogen-bond donors (Lipinski definition) is 0. The smallest absolute Gasteiger partial charge is 0.155 e. The Balaban J connectivity index is 2.36. The number of aromatic nitrogens is 2. The van der Waals surface area contributed by atoms with Crippen molar-refractivity contribution in [2.75, 3.05) is 0 Å². The highest BCUT2D eigenvalue weighted by Crippen LogP contribution is 2.59. The van der Waals surface area contributed by atoms with Gasteiger partial charge in [-0.05, 0) is 35.4 Å². The summed E-state index contributed by atoms with van der Waals surface area (Å²) in [6.45, 7) is 9.58. The van der Waals surface area contributed by atoms with Gasteiger partial charge in [0.1, 0.15) is 0 Å². The van der Waals surface area contributed by atoms with Crippen molar-refractivity contribution in [3.8, 4) is 0 Å². The molecule has 0 aliphatic carbocycles. The molecule has 0 N–H and O–H groups in total. The first-order valence-electron chi connectivity index (χ1n) is 8.07. The minimum atomic E-state index is -2.51. The minimum absolute atomic E-state index is 0.117. The summed E-state index contributed by atoms with van der Waals surface area (Å²) in [5.74, 6) is 0. The molecule has 2 rings (SSSR count). The van der Waals surface area contributed by atoms with Gasteiger partial charge in [0.05, 0.1) is 0 Å². The van der Waals surface area contributed by atoms with Gasteiger partial charge >= 0.3 is 0 Å². The first kappa shape index (κ1) is 17.8. The van der Waals surface area contributed by atoms with E-state index < -0.39 is 7.29 Å². The van der Waals surface area contributed by atoms with Crippen LogP contribution in [0.5, 0.6) is 0 Å². The Morgan fingerprint density at radius 1 is 0.826 bits per heavy atom. The van der Waals surface area contributed by atoms with Crippen LogP contribution in [0.25, 0.3) is 0 Å². The second kappa shape index (κ2) is 7.85. The lowest BCUT2D eigenvalue weighted by molar-refractivity contribution is 0.387. The molecule has 0 bridgehead atoms. The van der Waals surface area contributed by atoms with Crippen molar-refractivity contribution in [3.05, 3.63) is 60.2 Å². The van der Waals surface area contributed by atoms with Gasteiger partial charge in [0.25, 0.3) is 0 Å². The van der Waals surface area contributed by atoms with Crippen molar-refractivity contribution in [2.45, 2.75) is 52.1 Å². The topological polar surface area (TPSA) is 46.1 Å². The van der Waals surface area contributed by atoms with Crippen LogP contribution in [0.4, 0.5) is 0 Å². The number of hydrogen-bond acceptors (Lipinski definition) is 3. The van der Waals surface area contributed by atoms with Crippen LogP contribution < -0.4 is 0 Å². The van der Waals surface area contributed by atoms with Crippen molar-refractivity contribution in [1.29, 1.82) is 0 Å². The summed E-state index contributed by atoms with van der Waals surface area (Å²) >= 11 is 0. The highest BCUT2D eigenvalue weighted by Gasteiger charge is 2.37. The van der Waals surface area contributed by atoms with E-state index >= 15 is 0 Å². The van der Waals surface area contributed by atoms with Gasteiger partial charge < -0.3 is 4.57 Å². The fraction of sp³-hybridized carbons (Fsp3) is 0.444.